The summed E-state index contributed by atoms with van der Waals surface area (Å²) < 4.78 is 29.6. The number of carbonyl (C=O) groups is 1. The van der Waals surface area contributed by atoms with E-state index in [-0.39, 0.29) is 34.0 Å². The van der Waals surface area contributed by atoms with Crippen molar-refractivity contribution in [3.05, 3.63) is 69.2 Å². The van der Waals surface area contributed by atoms with Gasteiger partial charge in [-0.2, -0.15) is 5.26 Å². The summed E-state index contributed by atoms with van der Waals surface area (Å²) >= 11 is 12.1. The molecule has 0 aliphatic carbocycles. The van der Waals surface area contributed by atoms with Gasteiger partial charge in [0.2, 0.25) is 5.91 Å². The van der Waals surface area contributed by atoms with Crippen LogP contribution < -0.4 is 10.6 Å². The van der Waals surface area contributed by atoms with Crippen molar-refractivity contribution in [3.63, 3.8) is 0 Å². The van der Waals surface area contributed by atoms with Crippen LogP contribution in [-0.4, -0.2) is 47.5 Å². The maximum absolute atomic E-state index is 15.5. The molecule has 200 valence electrons. The standard InChI is InChI=1S/C27H31Cl2F2N3O3/c1-26(2,3)12-22-27(14-32,18-6-5-16(28)11-21(18)31)23(15-4-7-20(30)19(29)10-15)24(34-22)25(37)33-9-8-17(36)13-35/h4-7,10-11,17,22-24,34-36H,8-9,12-13H2,1-3H3,(H,33,37)/t17-,22+,23+,24-,27+/m1/s1. The van der Waals surface area contributed by atoms with E-state index in [1.165, 1.54) is 24.3 Å². The summed E-state index contributed by atoms with van der Waals surface area (Å²) in [6, 6.07) is 8.68. The highest BCUT2D eigenvalue weighted by Gasteiger charge is 2.60. The fourth-order valence-electron chi connectivity index (χ4n) is 5.10. The third-order valence-electron chi connectivity index (χ3n) is 6.71. The van der Waals surface area contributed by atoms with E-state index in [2.05, 4.69) is 16.7 Å². The molecule has 0 unspecified atom stereocenters. The first-order chi connectivity index (χ1) is 17.3. The lowest BCUT2D eigenvalue weighted by molar-refractivity contribution is -0.123. The van der Waals surface area contributed by atoms with Crippen LogP contribution >= 0.6 is 23.2 Å². The van der Waals surface area contributed by atoms with Crippen LogP contribution in [0.4, 0.5) is 8.78 Å². The summed E-state index contributed by atoms with van der Waals surface area (Å²) in [5, 5.41) is 35.5. The van der Waals surface area contributed by atoms with Crippen LogP contribution in [0.5, 0.6) is 0 Å². The monoisotopic (exact) mass is 553 g/mol. The van der Waals surface area contributed by atoms with Gasteiger partial charge in [-0.1, -0.05) is 56.1 Å². The van der Waals surface area contributed by atoms with Gasteiger partial charge in [0.25, 0.3) is 0 Å². The molecule has 1 heterocycles. The lowest BCUT2D eigenvalue weighted by Gasteiger charge is -2.37. The summed E-state index contributed by atoms with van der Waals surface area (Å²) in [5.74, 6) is -2.80. The number of aliphatic hydroxyl groups is 2. The molecule has 1 aliphatic rings. The zero-order valence-electron chi connectivity index (χ0n) is 20.9. The largest absolute Gasteiger partial charge is 0.394 e. The van der Waals surface area contributed by atoms with Gasteiger partial charge in [-0.25, -0.2) is 8.78 Å². The maximum Gasteiger partial charge on any atom is 0.237 e. The average molecular weight is 554 g/mol. The lowest BCUT2D eigenvalue weighted by Crippen LogP contribution is -2.46. The van der Waals surface area contributed by atoms with E-state index in [1.807, 2.05) is 20.8 Å². The SMILES string of the molecule is CC(C)(C)C[C@@H]1N[C@@H](C(=O)NCC[C@@H](O)CO)[C@H](c2ccc(F)c(Cl)c2)[C@@]1(C#N)c1ccc(Cl)cc1F. The van der Waals surface area contributed by atoms with Crippen molar-refractivity contribution >= 4 is 29.1 Å². The third kappa shape index (κ3) is 6.24. The summed E-state index contributed by atoms with van der Waals surface area (Å²) in [7, 11) is 0. The normalized spacial score (nSPS) is 24.5. The number of halogens is 4. The molecule has 0 aromatic heterocycles. The predicted octanol–water partition coefficient (Wildman–Crippen LogP) is 4.45. The Balaban J connectivity index is 2.21. The van der Waals surface area contributed by atoms with Gasteiger partial charge in [-0.15, -0.1) is 0 Å². The first-order valence-corrected chi connectivity index (χ1v) is 12.7. The van der Waals surface area contributed by atoms with Crippen LogP contribution in [-0.2, 0) is 10.2 Å². The van der Waals surface area contributed by atoms with Gasteiger partial charge < -0.3 is 20.8 Å². The minimum atomic E-state index is -1.59. The number of amides is 1. The maximum atomic E-state index is 15.5. The number of carbonyl (C=O) groups excluding carboxylic acids is 1. The molecule has 1 amide bonds. The second-order valence-corrected chi connectivity index (χ2v) is 11.5. The van der Waals surface area contributed by atoms with Gasteiger partial charge in [-0.3, -0.25) is 4.79 Å². The van der Waals surface area contributed by atoms with E-state index in [1.54, 1.807) is 0 Å². The number of nitrogens with one attached hydrogen (secondary N) is 2. The predicted molar refractivity (Wildman–Crippen MR) is 138 cm³/mol. The van der Waals surface area contributed by atoms with Crippen molar-refractivity contribution in [2.75, 3.05) is 13.2 Å². The van der Waals surface area contributed by atoms with Gasteiger partial charge in [0, 0.05) is 29.1 Å². The van der Waals surface area contributed by atoms with Gasteiger partial charge >= 0.3 is 0 Å². The second kappa shape index (κ2) is 11.6. The molecule has 37 heavy (non-hydrogen) atoms. The quantitative estimate of drug-likeness (QED) is 0.386. The molecule has 3 rings (SSSR count). The van der Waals surface area contributed by atoms with Crippen molar-refractivity contribution in [2.24, 2.45) is 5.41 Å². The molecule has 4 N–H and O–H groups in total. The molecule has 0 bridgehead atoms. The van der Waals surface area contributed by atoms with E-state index >= 15 is 4.39 Å². The molecular formula is C27H31Cl2F2N3O3. The van der Waals surface area contributed by atoms with Gasteiger partial charge in [0.15, 0.2) is 0 Å². The molecule has 1 saturated heterocycles. The van der Waals surface area contributed by atoms with Crippen molar-refractivity contribution < 1.29 is 23.8 Å². The zero-order valence-corrected chi connectivity index (χ0v) is 22.4. The number of benzene rings is 2. The Bertz CT molecular complexity index is 1180. The highest BCUT2D eigenvalue weighted by Crippen LogP contribution is 2.52. The molecule has 1 aliphatic heterocycles. The first kappa shape index (κ1) is 29.3. The Kier molecular flexibility index (Phi) is 9.20. The summed E-state index contributed by atoms with van der Waals surface area (Å²) in [6.07, 6.45) is -0.484. The van der Waals surface area contributed by atoms with Gasteiger partial charge in [0.1, 0.15) is 17.0 Å². The second-order valence-electron chi connectivity index (χ2n) is 10.6. The highest BCUT2D eigenvalue weighted by molar-refractivity contribution is 6.31. The van der Waals surface area contributed by atoms with E-state index in [4.69, 9.17) is 28.3 Å². The number of nitrogens with zero attached hydrogens (tertiary/aromatic N) is 1. The number of rotatable bonds is 8. The summed E-state index contributed by atoms with van der Waals surface area (Å²) in [5.41, 5.74) is -1.45. The van der Waals surface area contributed by atoms with Crippen LogP contribution in [0.1, 0.15) is 50.7 Å². The van der Waals surface area contributed by atoms with E-state index in [0.717, 1.165) is 12.1 Å². The molecule has 0 saturated carbocycles. The summed E-state index contributed by atoms with van der Waals surface area (Å²) in [6.45, 7) is 5.54. The van der Waals surface area contributed by atoms with Crippen molar-refractivity contribution in [1.82, 2.24) is 10.6 Å². The minimum Gasteiger partial charge on any atom is -0.394 e. The first-order valence-electron chi connectivity index (χ1n) is 12.0. The highest BCUT2D eigenvalue weighted by atomic mass is 35.5. The molecule has 5 atom stereocenters. The Hall–Kier alpha value is -2.28. The molecule has 2 aromatic carbocycles. The minimum absolute atomic E-state index is 0.0639. The fraction of sp³-hybridized carbons (Fsp3) is 0.481. The molecule has 2 aromatic rings. The van der Waals surface area contributed by atoms with Crippen molar-refractivity contribution in [3.8, 4) is 6.07 Å². The number of aliphatic hydroxyl groups excluding tert-OH is 2. The molecule has 6 nitrogen and oxygen atoms in total. The number of hydrogen-bond acceptors (Lipinski definition) is 5. The number of nitriles is 1. The van der Waals surface area contributed by atoms with Gasteiger partial charge in [0.05, 0.1) is 29.8 Å². The molecule has 10 heteroatoms. The lowest BCUT2D eigenvalue weighted by atomic mass is 9.62. The Morgan fingerprint density at radius 3 is 2.49 bits per heavy atom. The molecular weight excluding hydrogens is 523 g/mol. The van der Waals surface area contributed by atoms with Crippen LogP contribution in [0.3, 0.4) is 0 Å². The smallest absolute Gasteiger partial charge is 0.237 e. The van der Waals surface area contributed by atoms with Crippen LogP contribution in [0.15, 0.2) is 36.4 Å². The van der Waals surface area contributed by atoms with Gasteiger partial charge in [-0.05, 0) is 48.1 Å². The van der Waals surface area contributed by atoms with Crippen molar-refractivity contribution in [2.45, 2.75) is 63.1 Å². The van der Waals surface area contributed by atoms with Crippen LogP contribution in [0, 0.1) is 28.4 Å². The Morgan fingerprint density at radius 1 is 1.22 bits per heavy atom. The van der Waals surface area contributed by atoms with E-state index in [0.29, 0.717) is 12.0 Å². The van der Waals surface area contributed by atoms with E-state index in [9.17, 15) is 19.6 Å². The van der Waals surface area contributed by atoms with Crippen LogP contribution in [0.25, 0.3) is 0 Å². The van der Waals surface area contributed by atoms with Crippen LogP contribution in [0.2, 0.25) is 10.0 Å². The number of hydrogen-bond donors (Lipinski definition) is 4. The Labute approximate surface area is 225 Å². The fourth-order valence-corrected chi connectivity index (χ4v) is 5.44. The average Bonchev–Trinajstić information content (AvgIpc) is 3.13. The topological polar surface area (TPSA) is 105 Å². The van der Waals surface area contributed by atoms with Crippen molar-refractivity contribution in [1.29, 1.82) is 5.26 Å². The Morgan fingerprint density at radius 2 is 1.92 bits per heavy atom. The zero-order chi connectivity index (χ0) is 27.5. The third-order valence-corrected chi connectivity index (χ3v) is 7.23. The molecule has 0 spiro atoms. The molecule has 1 fully saturated rings. The molecule has 0 radical (unpaired) electrons. The van der Waals surface area contributed by atoms with E-state index < -0.39 is 53.7 Å². The summed E-state index contributed by atoms with van der Waals surface area (Å²) in [4.78, 5) is 13.5.